The largest absolute Gasteiger partial charge is 0.234 e. The van der Waals surface area contributed by atoms with Crippen molar-refractivity contribution in [2.24, 2.45) is 0 Å². The van der Waals surface area contributed by atoms with Crippen LogP contribution in [0.1, 0.15) is 0 Å². The summed E-state index contributed by atoms with van der Waals surface area (Å²) in [5.74, 6) is -0.499. The molecule has 0 saturated carbocycles. The summed E-state index contributed by atoms with van der Waals surface area (Å²) in [5.41, 5.74) is 0. The third kappa shape index (κ3) is 1.76. The van der Waals surface area contributed by atoms with Crippen LogP contribution >= 0.6 is 11.3 Å². The Balaban J connectivity index is 3.04. The first-order valence-corrected chi connectivity index (χ1v) is 5.19. The molecule has 0 N–H and O–H groups in total. The molecule has 1 aromatic rings. The minimum atomic E-state index is -3.42. The van der Waals surface area contributed by atoms with Gasteiger partial charge in [0.15, 0.2) is 0 Å². The first-order valence-electron chi connectivity index (χ1n) is 2.66. The van der Waals surface area contributed by atoms with E-state index in [9.17, 15) is 8.42 Å². The summed E-state index contributed by atoms with van der Waals surface area (Å²) in [6.45, 7) is 0. The molecule has 0 aliphatic rings. The highest BCUT2D eigenvalue weighted by atomic mass is 32.2. The Labute approximate surface area is 68.0 Å². The van der Waals surface area contributed by atoms with Crippen molar-refractivity contribution < 1.29 is 8.42 Å². The third-order valence-corrected chi connectivity index (χ3v) is 3.69. The van der Waals surface area contributed by atoms with Gasteiger partial charge in [-0.05, 0) is 0 Å². The van der Waals surface area contributed by atoms with Crippen molar-refractivity contribution in [3.05, 3.63) is 11.6 Å². The second-order valence-corrected chi connectivity index (χ2v) is 4.77. The Hall–Kier alpha value is -0.930. The molecule has 6 heteroatoms. The van der Waals surface area contributed by atoms with E-state index in [2.05, 4.69) is 4.98 Å². The van der Waals surface area contributed by atoms with Crippen LogP contribution in [0.15, 0.2) is 15.9 Å². The van der Waals surface area contributed by atoms with Gasteiger partial charge in [-0.25, -0.2) is 13.4 Å². The molecular formula is C5H4N2O2S2. The molecule has 0 atom stereocenters. The lowest BCUT2D eigenvalue weighted by atomic mass is 10.9. The van der Waals surface area contributed by atoms with E-state index in [4.69, 9.17) is 5.26 Å². The topological polar surface area (TPSA) is 70.8 Å². The lowest BCUT2D eigenvalue weighted by Gasteiger charge is -1.89. The molecule has 0 saturated heterocycles. The van der Waals surface area contributed by atoms with E-state index in [1.165, 1.54) is 6.20 Å². The summed E-state index contributed by atoms with van der Waals surface area (Å²) < 4.78 is 22.1. The van der Waals surface area contributed by atoms with E-state index in [0.717, 1.165) is 11.3 Å². The van der Waals surface area contributed by atoms with Crippen LogP contribution in [-0.2, 0) is 9.84 Å². The summed E-state index contributed by atoms with van der Waals surface area (Å²) in [6.07, 6.45) is 1.40. The Kier molecular flexibility index (Phi) is 2.22. The minimum Gasteiger partial charge on any atom is -0.234 e. The van der Waals surface area contributed by atoms with Gasteiger partial charge < -0.3 is 0 Å². The summed E-state index contributed by atoms with van der Waals surface area (Å²) in [4.78, 5) is 3.59. The Morgan fingerprint density at radius 3 is 2.91 bits per heavy atom. The van der Waals surface area contributed by atoms with Gasteiger partial charge in [-0.3, -0.25) is 0 Å². The monoisotopic (exact) mass is 188 g/mol. The summed E-state index contributed by atoms with van der Waals surface area (Å²) in [5, 5.41) is 9.71. The molecule has 0 unspecified atom stereocenters. The number of rotatable bonds is 2. The number of sulfone groups is 1. The van der Waals surface area contributed by atoms with Crippen molar-refractivity contribution in [2.75, 3.05) is 5.75 Å². The average Bonchev–Trinajstić information content (AvgIpc) is 2.37. The molecule has 0 aliphatic heterocycles. The van der Waals surface area contributed by atoms with Crippen LogP contribution in [0.2, 0.25) is 0 Å². The van der Waals surface area contributed by atoms with Crippen LogP contribution in [0.5, 0.6) is 0 Å². The number of nitriles is 1. The van der Waals surface area contributed by atoms with Crippen LogP contribution < -0.4 is 0 Å². The quantitative estimate of drug-likeness (QED) is 0.675. The lowest BCUT2D eigenvalue weighted by Crippen LogP contribution is -2.03. The van der Waals surface area contributed by atoms with Gasteiger partial charge in [-0.2, -0.15) is 5.26 Å². The van der Waals surface area contributed by atoms with Gasteiger partial charge in [0.25, 0.3) is 0 Å². The zero-order valence-electron chi connectivity index (χ0n) is 5.39. The zero-order valence-corrected chi connectivity index (χ0v) is 7.02. The Morgan fingerprint density at radius 1 is 1.73 bits per heavy atom. The second-order valence-electron chi connectivity index (χ2n) is 1.72. The van der Waals surface area contributed by atoms with Gasteiger partial charge in [0.2, 0.25) is 14.2 Å². The SMILES string of the molecule is N#CCS(=O)(=O)c1nccs1. The maximum atomic E-state index is 11.0. The molecule has 0 aliphatic carbocycles. The molecule has 1 heterocycles. The van der Waals surface area contributed by atoms with Crippen LogP contribution in [0.4, 0.5) is 0 Å². The molecule has 0 amide bonds. The molecule has 0 aromatic carbocycles. The van der Waals surface area contributed by atoms with Crippen LogP contribution in [0.3, 0.4) is 0 Å². The first-order chi connectivity index (χ1) is 5.17. The number of hydrogen-bond donors (Lipinski definition) is 0. The van der Waals surface area contributed by atoms with Crippen molar-refractivity contribution in [3.8, 4) is 6.07 Å². The van der Waals surface area contributed by atoms with Gasteiger partial charge in [-0.1, -0.05) is 0 Å². The standard InChI is InChI=1S/C5H4N2O2S2/c6-1-4-11(8,9)5-7-2-3-10-5/h2-3H,4H2. The van der Waals surface area contributed by atoms with E-state index in [1.54, 1.807) is 11.4 Å². The van der Waals surface area contributed by atoms with Crippen LogP contribution in [0, 0.1) is 11.3 Å². The van der Waals surface area contributed by atoms with Gasteiger partial charge in [0, 0.05) is 11.6 Å². The zero-order chi connectivity index (χ0) is 8.32. The predicted molar refractivity (Wildman–Crippen MR) is 39.8 cm³/mol. The fraction of sp³-hybridized carbons (Fsp3) is 0.200. The van der Waals surface area contributed by atoms with Gasteiger partial charge in [0.05, 0.1) is 6.07 Å². The first kappa shape index (κ1) is 8.17. The predicted octanol–water partition coefficient (Wildman–Crippen LogP) is 0.440. The third-order valence-electron chi connectivity index (χ3n) is 0.930. The molecule has 4 nitrogen and oxygen atoms in total. The lowest BCUT2D eigenvalue weighted by molar-refractivity contribution is 0.598. The molecule has 0 bridgehead atoms. The molecule has 0 spiro atoms. The van der Waals surface area contributed by atoms with Gasteiger partial charge in [0.1, 0.15) is 5.75 Å². The van der Waals surface area contributed by atoms with Crippen molar-refractivity contribution >= 4 is 21.2 Å². The van der Waals surface area contributed by atoms with Crippen LogP contribution in [-0.4, -0.2) is 19.2 Å². The highest BCUT2D eigenvalue weighted by molar-refractivity contribution is 7.93. The smallest absolute Gasteiger partial charge is 0.218 e. The van der Waals surface area contributed by atoms with Crippen LogP contribution in [0.25, 0.3) is 0 Å². The average molecular weight is 188 g/mol. The van der Waals surface area contributed by atoms with E-state index >= 15 is 0 Å². The van der Waals surface area contributed by atoms with Gasteiger partial charge in [-0.15, -0.1) is 11.3 Å². The number of hydrogen-bond acceptors (Lipinski definition) is 5. The fourth-order valence-corrected chi connectivity index (χ4v) is 2.32. The molecule has 1 aromatic heterocycles. The van der Waals surface area contributed by atoms with E-state index in [-0.39, 0.29) is 4.34 Å². The molecule has 1 rings (SSSR count). The maximum Gasteiger partial charge on any atom is 0.218 e. The Morgan fingerprint density at radius 2 is 2.45 bits per heavy atom. The van der Waals surface area contributed by atoms with Crippen molar-refractivity contribution in [2.45, 2.75) is 4.34 Å². The normalized spacial score (nSPS) is 10.8. The summed E-state index contributed by atoms with van der Waals surface area (Å²) in [6, 6.07) is 1.57. The minimum absolute atomic E-state index is 0.0130. The highest BCUT2D eigenvalue weighted by Gasteiger charge is 2.15. The number of thiazole rings is 1. The van der Waals surface area contributed by atoms with E-state index in [1.807, 2.05) is 0 Å². The van der Waals surface area contributed by atoms with Crippen molar-refractivity contribution in [3.63, 3.8) is 0 Å². The Bertz CT molecular complexity index is 360. The molecule has 0 radical (unpaired) electrons. The van der Waals surface area contributed by atoms with Gasteiger partial charge >= 0.3 is 0 Å². The molecule has 11 heavy (non-hydrogen) atoms. The molecule has 0 fully saturated rings. The second kappa shape index (κ2) is 2.98. The summed E-state index contributed by atoms with van der Waals surface area (Å²) >= 11 is 1.02. The number of aromatic nitrogens is 1. The summed E-state index contributed by atoms with van der Waals surface area (Å²) in [7, 11) is -3.42. The van der Waals surface area contributed by atoms with E-state index < -0.39 is 15.6 Å². The fourth-order valence-electron chi connectivity index (χ4n) is 0.511. The van der Waals surface area contributed by atoms with E-state index in [0.29, 0.717) is 0 Å². The number of nitrogens with zero attached hydrogens (tertiary/aromatic N) is 2. The highest BCUT2D eigenvalue weighted by Crippen LogP contribution is 2.12. The van der Waals surface area contributed by atoms with Crippen molar-refractivity contribution in [1.82, 2.24) is 4.98 Å². The maximum absolute atomic E-state index is 11.0. The molecular weight excluding hydrogens is 184 g/mol. The van der Waals surface area contributed by atoms with Crippen molar-refractivity contribution in [1.29, 1.82) is 5.26 Å². The molecule has 58 valence electrons.